The summed E-state index contributed by atoms with van der Waals surface area (Å²) in [5.41, 5.74) is 9.16. The molecule has 1 nitrogen and oxygen atoms in total. The Morgan fingerprint density at radius 3 is 1.63 bits per heavy atom. The van der Waals surface area contributed by atoms with Gasteiger partial charge in [-0.15, -0.1) is 0 Å². The molecule has 1 heteroatoms. The fourth-order valence-corrected chi connectivity index (χ4v) is 6.99. The minimum atomic E-state index is 0.905. The van der Waals surface area contributed by atoms with E-state index >= 15 is 0 Å². The average Bonchev–Trinajstić information content (AvgIpc) is 3.46. The summed E-state index contributed by atoms with van der Waals surface area (Å²) in [6.07, 6.45) is 0. The molecule has 9 aromatic rings. The van der Waals surface area contributed by atoms with Crippen LogP contribution in [0.25, 0.3) is 87.6 Å². The van der Waals surface area contributed by atoms with Gasteiger partial charge in [0, 0.05) is 16.3 Å². The fraction of sp³-hybridized carbons (Fsp3) is 0. The predicted molar refractivity (Wildman–Crippen MR) is 183 cm³/mol. The monoisotopic (exact) mass is 546 g/mol. The smallest absolute Gasteiger partial charge is 0.136 e. The number of furan rings is 1. The number of fused-ring (bicyclic) bond motifs is 6. The summed E-state index contributed by atoms with van der Waals surface area (Å²) in [5, 5.41) is 9.76. The lowest BCUT2D eigenvalue weighted by Gasteiger charge is -2.20. The van der Waals surface area contributed by atoms with Gasteiger partial charge >= 0.3 is 0 Å². The molecule has 0 amide bonds. The van der Waals surface area contributed by atoms with Crippen LogP contribution in [0.3, 0.4) is 0 Å². The van der Waals surface area contributed by atoms with Crippen molar-refractivity contribution in [1.29, 1.82) is 0 Å². The molecule has 0 radical (unpaired) electrons. The molecule has 9 rings (SSSR count). The quantitative estimate of drug-likeness (QED) is 0.201. The van der Waals surface area contributed by atoms with Gasteiger partial charge in [0.1, 0.15) is 11.2 Å². The molecule has 0 aliphatic carbocycles. The van der Waals surface area contributed by atoms with Gasteiger partial charge in [0.2, 0.25) is 0 Å². The largest absolute Gasteiger partial charge is 0.456 e. The third kappa shape index (κ3) is 3.65. The van der Waals surface area contributed by atoms with Gasteiger partial charge in [-0.05, 0) is 78.3 Å². The van der Waals surface area contributed by atoms with Crippen LogP contribution in [0.4, 0.5) is 0 Å². The van der Waals surface area contributed by atoms with E-state index in [1.807, 2.05) is 6.07 Å². The zero-order valence-corrected chi connectivity index (χ0v) is 23.4. The summed E-state index contributed by atoms with van der Waals surface area (Å²) in [4.78, 5) is 0. The molecule has 1 heterocycles. The lowest BCUT2D eigenvalue weighted by molar-refractivity contribution is 0.669. The second-order valence-electron chi connectivity index (χ2n) is 11.2. The molecule has 0 aliphatic heterocycles. The first-order chi connectivity index (χ1) is 21.3. The molecule has 0 unspecified atom stereocenters. The first-order valence-electron chi connectivity index (χ1n) is 14.8. The van der Waals surface area contributed by atoms with Crippen molar-refractivity contribution >= 4 is 54.3 Å². The van der Waals surface area contributed by atoms with Crippen molar-refractivity contribution in [2.24, 2.45) is 0 Å². The molecule has 0 saturated heterocycles. The summed E-state index contributed by atoms with van der Waals surface area (Å²) in [6.45, 7) is 0. The summed E-state index contributed by atoms with van der Waals surface area (Å²) < 4.78 is 6.46. The highest BCUT2D eigenvalue weighted by molar-refractivity contribution is 6.27. The van der Waals surface area contributed by atoms with Gasteiger partial charge in [-0.2, -0.15) is 0 Å². The fourth-order valence-electron chi connectivity index (χ4n) is 6.99. The zero-order valence-electron chi connectivity index (χ0n) is 23.4. The van der Waals surface area contributed by atoms with E-state index in [0.717, 1.165) is 21.9 Å². The van der Waals surface area contributed by atoms with E-state index in [4.69, 9.17) is 4.42 Å². The molecular weight excluding hydrogens is 520 g/mol. The third-order valence-corrected chi connectivity index (χ3v) is 8.85. The molecule has 0 saturated carbocycles. The van der Waals surface area contributed by atoms with Crippen molar-refractivity contribution in [1.82, 2.24) is 0 Å². The Balaban J connectivity index is 1.49. The minimum absolute atomic E-state index is 0.905. The van der Waals surface area contributed by atoms with Crippen LogP contribution >= 0.6 is 0 Å². The molecule has 0 atom stereocenters. The Labute approximate surface area is 249 Å². The van der Waals surface area contributed by atoms with Gasteiger partial charge in [-0.3, -0.25) is 0 Å². The highest BCUT2D eigenvalue weighted by atomic mass is 16.3. The van der Waals surface area contributed by atoms with Gasteiger partial charge in [0.25, 0.3) is 0 Å². The number of hydrogen-bond donors (Lipinski definition) is 0. The second kappa shape index (κ2) is 9.44. The normalized spacial score (nSPS) is 11.7. The number of rotatable bonds is 3. The molecule has 1 aromatic heterocycles. The van der Waals surface area contributed by atoms with Crippen LogP contribution in [0.5, 0.6) is 0 Å². The van der Waals surface area contributed by atoms with Gasteiger partial charge in [0.15, 0.2) is 0 Å². The Hall–Kier alpha value is -5.66. The molecule has 0 fully saturated rings. The van der Waals surface area contributed by atoms with E-state index in [2.05, 4.69) is 152 Å². The van der Waals surface area contributed by atoms with Crippen molar-refractivity contribution < 1.29 is 4.42 Å². The molecule has 0 aliphatic rings. The standard InChI is InChI=1S/C42H26O/c1-2-13-28(14-3-1)31-24-25-38-41(36-20-10-11-21-37(36)43-38)42(31)40-34-18-8-6-16-32(34)39(33-17-7-9-19-35(33)40)30-23-22-27-12-4-5-15-29(27)26-30/h1-26H. The molecule has 200 valence electrons. The van der Waals surface area contributed by atoms with Crippen molar-refractivity contribution in [2.45, 2.75) is 0 Å². The predicted octanol–water partition coefficient (Wildman–Crippen LogP) is 12.0. The second-order valence-corrected chi connectivity index (χ2v) is 11.2. The van der Waals surface area contributed by atoms with E-state index in [1.54, 1.807) is 0 Å². The molecule has 8 aromatic carbocycles. The van der Waals surface area contributed by atoms with E-state index in [9.17, 15) is 0 Å². The van der Waals surface area contributed by atoms with Crippen LogP contribution in [0, 0.1) is 0 Å². The topological polar surface area (TPSA) is 13.1 Å². The SMILES string of the molecule is c1ccc(-c2ccc3oc4ccccc4c3c2-c2c3ccccc3c(-c3ccc4ccccc4c3)c3ccccc23)cc1. The maximum absolute atomic E-state index is 6.46. The van der Waals surface area contributed by atoms with Gasteiger partial charge in [-0.25, -0.2) is 0 Å². The number of hydrogen-bond acceptors (Lipinski definition) is 1. The van der Waals surface area contributed by atoms with Gasteiger partial charge in [-0.1, -0.05) is 140 Å². The highest BCUT2D eigenvalue weighted by Crippen LogP contribution is 2.50. The van der Waals surface area contributed by atoms with Crippen molar-refractivity contribution in [3.05, 3.63) is 158 Å². The summed E-state index contributed by atoms with van der Waals surface area (Å²) in [7, 11) is 0. The first-order valence-corrected chi connectivity index (χ1v) is 14.8. The Kier molecular flexibility index (Phi) is 5.27. The van der Waals surface area contributed by atoms with Crippen molar-refractivity contribution in [3.63, 3.8) is 0 Å². The van der Waals surface area contributed by atoms with Crippen molar-refractivity contribution in [2.75, 3.05) is 0 Å². The molecular formula is C42H26O. The zero-order chi connectivity index (χ0) is 28.3. The maximum Gasteiger partial charge on any atom is 0.136 e. The average molecular weight is 547 g/mol. The van der Waals surface area contributed by atoms with Gasteiger partial charge < -0.3 is 4.42 Å². The van der Waals surface area contributed by atoms with E-state index < -0.39 is 0 Å². The van der Waals surface area contributed by atoms with Crippen LogP contribution < -0.4 is 0 Å². The number of para-hydroxylation sites is 1. The molecule has 0 bridgehead atoms. The Morgan fingerprint density at radius 1 is 0.326 bits per heavy atom. The van der Waals surface area contributed by atoms with Crippen LogP contribution in [0.2, 0.25) is 0 Å². The molecule has 0 N–H and O–H groups in total. The van der Waals surface area contributed by atoms with E-state index in [-0.39, 0.29) is 0 Å². The maximum atomic E-state index is 6.46. The van der Waals surface area contributed by atoms with Crippen LogP contribution in [-0.2, 0) is 0 Å². The lowest BCUT2D eigenvalue weighted by Crippen LogP contribution is -1.93. The summed E-state index contributed by atoms with van der Waals surface area (Å²) in [5.74, 6) is 0. The number of benzene rings is 8. The van der Waals surface area contributed by atoms with E-state index in [1.165, 1.54) is 65.7 Å². The van der Waals surface area contributed by atoms with E-state index in [0.29, 0.717) is 0 Å². The minimum Gasteiger partial charge on any atom is -0.456 e. The Bertz CT molecular complexity index is 2440. The summed E-state index contributed by atoms with van der Waals surface area (Å²) >= 11 is 0. The van der Waals surface area contributed by atoms with Crippen LogP contribution in [0.15, 0.2) is 162 Å². The highest BCUT2D eigenvalue weighted by Gasteiger charge is 2.23. The van der Waals surface area contributed by atoms with Crippen LogP contribution in [0.1, 0.15) is 0 Å². The molecule has 43 heavy (non-hydrogen) atoms. The third-order valence-electron chi connectivity index (χ3n) is 8.85. The van der Waals surface area contributed by atoms with Crippen molar-refractivity contribution in [3.8, 4) is 33.4 Å². The van der Waals surface area contributed by atoms with Crippen LogP contribution in [-0.4, -0.2) is 0 Å². The first kappa shape index (κ1) is 24.0. The molecule has 0 spiro atoms. The van der Waals surface area contributed by atoms with Gasteiger partial charge in [0.05, 0.1) is 0 Å². The Morgan fingerprint density at radius 2 is 0.907 bits per heavy atom. The summed E-state index contributed by atoms with van der Waals surface area (Å²) in [6, 6.07) is 56.8. The lowest BCUT2D eigenvalue weighted by atomic mass is 9.82.